The summed E-state index contributed by atoms with van der Waals surface area (Å²) in [6.45, 7) is 30.6. The Kier molecular flexibility index (Phi) is 12.2. The molecule has 0 spiro atoms. The molecule has 2 aliphatic rings. The molecule has 2 radical (unpaired) electrons. The van der Waals surface area contributed by atoms with E-state index in [4.69, 9.17) is 9.47 Å². The second kappa shape index (κ2) is 17.1. The zero-order valence-corrected chi connectivity index (χ0v) is 42.8. The summed E-state index contributed by atoms with van der Waals surface area (Å²) in [4.78, 5) is 4.73. The number of fused-ring (bicyclic) bond motifs is 2. The van der Waals surface area contributed by atoms with Crippen LogP contribution in [0.4, 0.5) is 5.69 Å². The Labute approximate surface area is 389 Å². The van der Waals surface area contributed by atoms with Gasteiger partial charge in [-0.3, -0.25) is 4.90 Å². The molecule has 0 amide bonds. The second-order valence-corrected chi connectivity index (χ2v) is 25.7. The van der Waals surface area contributed by atoms with E-state index < -0.39 is 21.1 Å². The molecule has 2 heterocycles. The maximum atomic E-state index is 6.39. The number of benzene rings is 6. The molecule has 63 heavy (non-hydrogen) atoms. The molecule has 0 unspecified atom stereocenters. The molecule has 6 aromatic carbocycles. The van der Waals surface area contributed by atoms with Crippen LogP contribution in [0.5, 0.6) is 11.5 Å². The first kappa shape index (κ1) is 45.1. The van der Waals surface area contributed by atoms with Gasteiger partial charge in [0.15, 0.2) is 6.73 Å². The second-order valence-electron chi connectivity index (χ2n) is 21.1. The fourth-order valence-electron chi connectivity index (χ4n) is 9.43. The fraction of sp³-hybridized carbons (Fsp3) is 0.379. The van der Waals surface area contributed by atoms with E-state index in [-0.39, 0.29) is 27.2 Å². The molecule has 0 saturated heterocycles. The molecule has 0 aliphatic carbocycles. The van der Waals surface area contributed by atoms with E-state index in [1.54, 1.807) is 3.58 Å². The van der Waals surface area contributed by atoms with E-state index in [1.165, 1.54) is 65.8 Å². The van der Waals surface area contributed by atoms with Gasteiger partial charge in [-0.25, -0.2) is 0 Å². The third-order valence-corrected chi connectivity index (χ3v) is 17.7. The normalized spacial score (nSPS) is 15.0. The molecular formula is C58H68N2O2Sn. The molecular weight excluding hydrogens is 875 g/mol. The van der Waals surface area contributed by atoms with Gasteiger partial charge in [0, 0.05) is 46.3 Å². The molecule has 8 rings (SSSR count). The quantitative estimate of drug-likeness (QED) is 0.121. The molecule has 5 heteroatoms. The Bertz CT molecular complexity index is 2540. The molecule has 4 nitrogen and oxygen atoms in total. The predicted molar refractivity (Wildman–Crippen MR) is 266 cm³/mol. The summed E-state index contributed by atoms with van der Waals surface area (Å²) in [6, 6.07) is 50.8. The third kappa shape index (κ3) is 8.96. The van der Waals surface area contributed by atoms with Gasteiger partial charge in [0.05, 0.1) is 0 Å². The summed E-state index contributed by atoms with van der Waals surface area (Å²) in [5.41, 5.74) is 13.7. The Morgan fingerprint density at radius 2 is 0.778 bits per heavy atom. The number of rotatable bonds is 11. The first-order chi connectivity index (χ1) is 29.8. The van der Waals surface area contributed by atoms with Gasteiger partial charge < -0.3 is 14.4 Å². The Morgan fingerprint density at radius 1 is 0.429 bits per heavy atom. The Balaban J connectivity index is 0.943. The van der Waals surface area contributed by atoms with Crippen molar-refractivity contribution >= 4 is 30.4 Å². The zero-order chi connectivity index (χ0) is 45.0. The average Bonchev–Trinajstić information content (AvgIpc) is 3.28. The van der Waals surface area contributed by atoms with Crippen LogP contribution in [0.1, 0.15) is 139 Å². The van der Waals surface area contributed by atoms with E-state index in [2.05, 4.69) is 226 Å². The van der Waals surface area contributed by atoms with Crippen LogP contribution in [-0.2, 0) is 34.7 Å². The van der Waals surface area contributed by atoms with Crippen LogP contribution in [0.2, 0.25) is 4.44 Å². The standard InChI is InChI=1S/C56H63N2O2.C2H5.Sn/c1-52(2,3)58-36-40-34-48(28-32-51(40)60-38-58)56(10,11)45-23-21-44(22-24-45)55(8,9)47-27-31-50-39(33-47)35-57(37-59-50)49-29-25-46(26-30-49)54(6,7)43-19-17-42(18-20-43)53(4,5)41-15-13-12-14-16-41;1-2;/h13-34H,35-38H2,1-11H3;1H2,2H3;. The van der Waals surface area contributed by atoms with Crippen molar-refractivity contribution in [2.75, 3.05) is 18.4 Å². The summed E-state index contributed by atoms with van der Waals surface area (Å²) in [5.74, 6) is 1.98. The van der Waals surface area contributed by atoms with Gasteiger partial charge in [-0.15, -0.1) is 0 Å². The number of anilines is 1. The molecule has 326 valence electrons. The van der Waals surface area contributed by atoms with Crippen molar-refractivity contribution in [3.8, 4) is 11.5 Å². The molecule has 2 aliphatic heterocycles. The number of hydrogen-bond donors (Lipinski definition) is 0. The minimum absolute atomic E-state index is 0.0511. The van der Waals surface area contributed by atoms with Gasteiger partial charge in [-0.05, 0) is 79.4 Å². The van der Waals surface area contributed by atoms with Gasteiger partial charge in [0.1, 0.15) is 18.2 Å². The van der Waals surface area contributed by atoms with Crippen molar-refractivity contribution in [2.24, 2.45) is 0 Å². The summed E-state index contributed by atoms with van der Waals surface area (Å²) in [7, 11) is 0. The summed E-state index contributed by atoms with van der Waals surface area (Å²) in [6.07, 6.45) is 0. The molecule has 0 saturated carbocycles. The summed E-state index contributed by atoms with van der Waals surface area (Å²) in [5, 5.41) is 0. The van der Waals surface area contributed by atoms with Crippen LogP contribution in [-0.4, -0.2) is 45.0 Å². The van der Waals surface area contributed by atoms with E-state index in [9.17, 15) is 0 Å². The minimum atomic E-state index is -0.415. The zero-order valence-electron chi connectivity index (χ0n) is 39.9. The van der Waals surface area contributed by atoms with Crippen LogP contribution in [0.3, 0.4) is 0 Å². The van der Waals surface area contributed by atoms with Crippen LogP contribution >= 0.6 is 0 Å². The van der Waals surface area contributed by atoms with E-state index >= 15 is 0 Å². The van der Waals surface area contributed by atoms with Crippen molar-refractivity contribution in [1.82, 2.24) is 4.90 Å². The van der Waals surface area contributed by atoms with E-state index in [1.807, 2.05) is 0 Å². The van der Waals surface area contributed by atoms with Crippen molar-refractivity contribution in [3.63, 3.8) is 0 Å². The summed E-state index contributed by atoms with van der Waals surface area (Å²) < 4.78 is 15.5. The Hall–Kier alpha value is -4.52. The third-order valence-electron chi connectivity index (χ3n) is 14.6. The number of ether oxygens (including phenoxy) is 2. The average molecular weight is 944 g/mol. The van der Waals surface area contributed by atoms with Crippen LogP contribution in [0.25, 0.3) is 0 Å². The monoisotopic (exact) mass is 944 g/mol. The van der Waals surface area contributed by atoms with E-state index in [0.29, 0.717) is 13.5 Å². The van der Waals surface area contributed by atoms with Crippen LogP contribution in [0, 0.1) is 0 Å². The number of nitrogens with zero attached hydrogens (tertiary/aromatic N) is 2. The molecule has 0 fully saturated rings. The first-order valence-corrected chi connectivity index (χ1v) is 26.4. The Morgan fingerprint density at radius 3 is 1.19 bits per heavy atom. The van der Waals surface area contributed by atoms with Crippen molar-refractivity contribution in [3.05, 3.63) is 189 Å². The van der Waals surface area contributed by atoms with Gasteiger partial charge in [-0.1, -0.05) is 64.1 Å². The molecule has 6 aromatic rings. The molecule has 0 aromatic heterocycles. The van der Waals surface area contributed by atoms with Crippen LogP contribution < -0.4 is 18.0 Å². The molecule has 0 N–H and O–H groups in total. The van der Waals surface area contributed by atoms with Gasteiger partial charge in [-0.2, -0.15) is 0 Å². The topological polar surface area (TPSA) is 24.9 Å². The maximum absolute atomic E-state index is 6.39. The first-order valence-electron chi connectivity index (χ1n) is 23.0. The van der Waals surface area contributed by atoms with Crippen molar-refractivity contribution < 1.29 is 9.47 Å². The predicted octanol–water partition coefficient (Wildman–Crippen LogP) is 13.1. The molecule has 0 atom stereocenters. The van der Waals surface area contributed by atoms with Gasteiger partial charge in [0.25, 0.3) is 0 Å². The van der Waals surface area contributed by atoms with Crippen LogP contribution in [0.15, 0.2) is 133 Å². The fourth-order valence-corrected chi connectivity index (χ4v) is 11.7. The van der Waals surface area contributed by atoms with E-state index in [0.717, 1.165) is 24.6 Å². The molecule has 0 bridgehead atoms. The van der Waals surface area contributed by atoms with Gasteiger partial charge >= 0.3 is 158 Å². The summed E-state index contributed by atoms with van der Waals surface area (Å²) >= 11 is -0.415. The number of hydrogen-bond acceptors (Lipinski definition) is 4. The SMILES string of the molecule is C[CH2][Sn][c]1ccc(C(C)(C)c2ccc(C(C)(C)c3ccc(N4COc5ccc(C(C)(C)c6ccc(C(C)(C)c7ccc8c(c7)CN(C(C)(C)C)CO8)cc6)cc5C4)cc3)cc2)cc1. The van der Waals surface area contributed by atoms with Gasteiger partial charge in [0.2, 0.25) is 0 Å². The van der Waals surface area contributed by atoms with Crippen molar-refractivity contribution in [1.29, 1.82) is 0 Å². The van der Waals surface area contributed by atoms with Crippen molar-refractivity contribution in [2.45, 2.75) is 128 Å².